The molecule has 28 heavy (non-hydrogen) atoms. The van der Waals surface area contributed by atoms with Gasteiger partial charge in [-0.25, -0.2) is 19.7 Å². The average Bonchev–Trinajstić information content (AvgIpc) is 2.87. The molecule has 1 atom stereocenters. The lowest BCUT2D eigenvalue weighted by Gasteiger charge is -2.15. The van der Waals surface area contributed by atoms with Crippen LogP contribution in [0.3, 0.4) is 0 Å². The van der Waals surface area contributed by atoms with E-state index in [4.69, 9.17) is 33.7 Å². The predicted octanol–water partition coefficient (Wildman–Crippen LogP) is 2.97. The molecule has 2 N–H and O–H groups in total. The number of aromatic nitrogens is 2. The van der Waals surface area contributed by atoms with Crippen molar-refractivity contribution in [3.05, 3.63) is 40.0 Å². The molecular formula is C17H14Cl2N4O4S. The van der Waals surface area contributed by atoms with Crippen LogP contribution in [0.4, 0.5) is 11.5 Å². The van der Waals surface area contributed by atoms with E-state index in [2.05, 4.69) is 9.97 Å². The molecule has 1 fully saturated rings. The first kappa shape index (κ1) is 20.4. The van der Waals surface area contributed by atoms with E-state index < -0.39 is 23.0 Å². The van der Waals surface area contributed by atoms with Crippen molar-refractivity contribution < 1.29 is 19.1 Å². The molecule has 0 spiro atoms. The molecule has 1 aliphatic rings. The quantitative estimate of drug-likeness (QED) is 0.428. The third kappa shape index (κ3) is 4.21. The van der Waals surface area contributed by atoms with Gasteiger partial charge in [-0.2, -0.15) is 0 Å². The lowest BCUT2D eigenvalue weighted by atomic mass is 10.3. The fraction of sp³-hybridized carbons (Fsp3) is 0.235. The number of hydrogen-bond donors (Lipinski definition) is 1. The summed E-state index contributed by atoms with van der Waals surface area (Å²) in [4.78, 5) is 46.0. The molecule has 1 aliphatic heterocycles. The molecule has 1 unspecified atom stereocenters. The molecular weight excluding hydrogens is 427 g/mol. The second kappa shape index (κ2) is 8.34. The molecule has 0 saturated carbocycles. The van der Waals surface area contributed by atoms with E-state index in [0.717, 1.165) is 16.7 Å². The third-order valence-electron chi connectivity index (χ3n) is 3.75. The van der Waals surface area contributed by atoms with Crippen molar-refractivity contribution in [1.82, 2.24) is 9.97 Å². The van der Waals surface area contributed by atoms with Crippen LogP contribution in [0.25, 0.3) is 0 Å². The number of amides is 2. The van der Waals surface area contributed by atoms with E-state index in [1.54, 1.807) is 6.92 Å². The van der Waals surface area contributed by atoms with E-state index >= 15 is 0 Å². The minimum Gasteiger partial charge on any atom is -0.462 e. The molecule has 0 bridgehead atoms. The number of benzene rings is 1. The molecule has 2 aromatic rings. The van der Waals surface area contributed by atoms with Crippen molar-refractivity contribution >= 4 is 64.3 Å². The third-order valence-corrected chi connectivity index (χ3v) is 5.25. The Balaban J connectivity index is 1.79. The first-order valence-corrected chi connectivity index (χ1v) is 9.73. The van der Waals surface area contributed by atoms with Crippen LogP contribution in [-0.4, -0.2) is 39.6 Å². The van der Waals surface area contributed by atoms with Crippen molar-refractivity contribution in [1.29, 1.82) is 0 Å². The highest BCUT2D eigenvalue weighted by atomic mass is 35.5. The molecule has 1 aromatic carbocycles. The molecule has 8 nitrogen and oxygen atoms in total. The van der Waals surface area contributed by atoms with Crippen LogP contribution in [0.1, 0.15) is 23.7 Å². The fourth-order valence-corrected chi connectivity index (χ4v) is 4.03. The van der Waals surface area contributed by atoms with Crippen molar-refractivity contribution in [2.45, 2.75) is 23.8 Å². The molecule has 2 amide bonds. The zero-order valence-corrected chi connectivity index (χ0v) is 16.8. The number of thioether (sulfide) groups is 1. The summed E-state index contributed by atoms with van der Waals surface area (Å²) < 4.78 is 4.86. The average molecular weight is 441 g/mol. The highest BCUT2D eigenvalue weighted by Gasteiger charge is 2.41. The smallest absolute Gasteiger partial charge is 0.343 e. The standard InChI is InChI=1S/C17H14Cl2N4O4S/c1-2-27-16(26)11-7-21-17(22-14(11)20)28-12-6-13(24)23(15(12)25)10-4-8(18)3-9(19)5-10/h3-5,7,12H,2,6H2,1H3,(H2,20,21,22). The summed E-state index contributed by atoms with van der Waals surface area (Å²) in [6, 6.07) is 4.48. The largest absolute Gasteiger partial charge is 0.462 e. The molecule has 11 heteroatoms. The molecule has 1 saturated heterocycles. The molecule has 3 rings (SSSR count). The first-order valence-electron chi connectivity index (χ1n) is 8.09. The van der Waals surface area contributed by atoms with E-state index in [-0.39, 0.29) is 29.6 Å². The lowest BCUT2D eigenvalue weighted by Crippen LogP contribution is -2.31. The van der Waals surface area contributed by atoms with Crippen LogP contribution in [0.5, 0.6) is 0 Å². The number of nitrogens with zero attached hydrogens (tertiary/aromatic N) is 3. The summed E-state index contributed by atoms with van der Waals surface area (Å²) in [7, 11) is 0. The Labute approximate surface area is 174 Å². The minimum absolute atomic E-state index is 0.0372. The summed E-state index contributed by atoms with van der Waals surface area (Å²) in [5.74, 6) is -1.53. The number of carbonyl (C=O) groups is 3. The van der Waals surface area contributed by atoms with Gasteiger partial charge >= 0.3 is 5.97 Å². The summed E-state index contributed by atoms with van der Waals surface area (Å²) >= 11 is 12.9. The lowest BCUT2D eigenvalue weighted by molar-refractivity contribution is -0.121. The number of anilines is 2. The molecule has 2 heterocycles. The van der Waals surface area contributed by atoms with Crippen LogP contribution in [0, 0.1) is 0 Å². The summed E-state index contributed by atoms with van der Waals surface area (Å²) in [6.45, 7) is 1.86. The Morgan fingerprint density at radius 2 is 2.00 bits per heavy atom. The maximum atomic E-state index is 12.7. The zero-order chi connectivity index (χ0) is 20.4. The summed E-state index contributed by atoms with van der Waals surface area (Å²) in [5.41, 5.74) is 6.12. The van der Waals surface area contributed by atoms with Gasteiger partial charge in [-0.1, -0.05) is 35.0 Å². The van der Waals surface area contributed by atoms with E-state index in [1.165, 1.54) is 24.4 Å². The van der Waals surface area contributed by atoms with Crippen LogP contribution < -0.4 is 10.6 Å². The number of carbonyl (C=O) groups excluding carboxylic acids is 3. The van der Waals surface area contributed by atoms with Crippen molar-refractivity contribution in [3.63, 3.8) is 0 Å². The Morgan fingerprint density at radius 1 is 1.32 bits per heavy atom. The van der Waals surface area contributed by atoms with Crippen LogP contribution in [0.15, 0.2) is 29.6 Å². The summed E-state index contributed by atoms with van der Waals surface area (Å²) in [5, 5.41) is 0.0514. The maximum absolute atomic E-state index is 12.7. The number of ether oxygens (including phenoxy) is 1. The second-order valence-electron chi connectivity index (χ2n) is 5.68. The topological polar surface area (TPSA) is 115 Å². The van der Waals surface area contributed by atoms with Gasteiger partial charge in [0, 0.05) is 22.7 Å². The number of hydrogen-bond acceptors (Lipinski definition) is 8. The number of imide groups is 1. The number of halogens is 2. The molecule has 1 aromatic heterocycles. The Morgan fingerprint density at radius 3 is 2.61 bits per heavy atom. The number of nitrogens with two attached hydrogens (primary N) is 1. The normalized spacial score (nSPS) is 16.5. The minimum atomic E-state index is -0.738. The maximum Gasteiger partial charge on any atom is 0.343 e. The molecule has 0 radical (unpaired) electrons. The fourth-order valence-electron chi connectivity index (χ4n) is 2.56. The van der Waals surface area contributed by atoms with Gasteiger partial charge in [-0.3, -0.25) is 9.59 Å². The highest BCUT2D eigenvalue weighted by molar-refractivity contribution is 8.00. The SMILES string of the molecule is CCOC(=O)c1cnc(SC2CC(=O)N(c3cc(Cl)cc(Cl)c3)C2=O)nc1N. The highest BCUT2D eigenvalue weighted by Crippen LogP contribution is 2.35. The molecule has 0 aliphatic carbocycles. The van der Waals surface area contributed by atoms with Crippen molar-refractivity contribution in [3.8, 4) is 0 Å². The second-order valence-corrected chi connectivity index (χ2v) is 7.72. The molecule has 146 valence electrons. The van der Waals surface area contributed by atoms with Gasteiger partial charge in [0.2, 0.25) is 11.8 Å². The van der Waals surface area contributed by atoms with E-state index in [1.807, 2.05) is 0 Å². The number of nitrogen functional groups attached to an aromatic ring is 1. The van der Waals surface area contributed by atoms with Crippen molar-refractivity contribution in [2.24, 2.45) is 0 Å². The number of rotatable bonds is 5. The van der Waals surface area contributed by atoms with Crippen LogP contribution >= 0.6 is 35.0 Å². The van der Waals surface area contributed by atoms with Crippen LogP contribution in [0.2, 0.25) is 10.0 Å². The van der Waals surface area contributed by atoms with Gasteiger partial charge < -0.3 is 10.5 Å². The first-order chi connectivity index (χ1) is 13.3. The number of esters is 1. The zero-order valence-electron chi connectivity index (χ0n) is 14.5. The summed E-state index contributed by atoms with van der Waals surface area (Å²) in [6.07, 6.45) is 1.19. The van der Waals surface area contributed by atoms with Gasteiger partial charge in [0.25, 0.3) is 0 Å². The van der Waals surface area contributed by atoms with Gasteiger partial charge in [-0.15, -0.1) is 0 Å². The van der Waals surface area contributed by atoms with E-state index in [9.17, 15) is 14.4 Å². The van der Waals surface area contributed by atoms with Gasteiger partial charge in [0.05, 0.1) is 12.3 Å². The van der Waals surface area contributed by atoms with Gasteiger partial charge in [-0.05, 0) is 25.1 Å². The van der Waals surface area contributed by atoms with E-state index in [0.29, 0.717) is 15.7 Å². The van der Waals surface area contributed by atoms with Crippen LogP contribution in [-0.2, 0) is 14.3 Å². The monoisotopic (exact) mass is 440 g/mol. The van der Waals surface area contributed by atoms with Gasteiger partial charge in [0.1, 0.15) is 16.6 Å². The van der Waals surface area contributed by atoms with Gasteiger partial charge in [0.15, 0.2) is 5.16 Å². The Kier molecular flexibility index (Phi) is 6.07. The Bertz CT molecular complexity index is 952. The Hall–Kier alpha value is -2.36. The van der Waals surface area contributed by atoms with Crippen molar-refractivity contribution in [2.75, 3.05) is 17.2 Å². The predicted molar refractivity (Wildman–Crippen MR) is 106 cm³/mol.